The van der Waals surface area contributed by atoms with Crippen molar-refractivity contribution in [1.29, 1.82) is 0 Å². The summed E-state index contributed by atoms with van der Waals surface area (Å²) in [6, 6.07) is 15.3. The average molecular weight is 443 g/mol. The lowest BCUT2D eigenvalue weighted by Crippen LogP contribution is -2.31. The van der Waals surface area contributed by atoms with Crippen LogP contribution in [-0.2, 0) is 6.54 Å². The van der Waals surface area contributed by atoms with Crippen molar-refractivity contribution in [3.63, 3.8) is 0 Å². The number of hydrogen-bond acceptors (Lipinski definition) is 5. The summed E-state index contributed by atoms with van der Waals surface area (Å²) in [5, 5.41) is 6.77. The molecule has 3 rings (SSSR count). The number of thiophene rings is 2. The van der Waals surface area contributed by atoms with Crippen LogP contribution in [-0.4, -0.2) is 36.9 Å². The number of nitrogens with zero attached hydrogens (tertiary/aromatic N) is 1. The maximum Gasteiger partial charge on any atom is 0.264 e. The van der Waals surface area contributed by atoms with Crippen LogP contribution in [0.1, 0.15) is 44.2 Å². The number of amides is 2. The summed E-state index contributed by atoms with van der Waals surface area (Å²) in [6.07, 6.45) is 2.71. The molecule has 0 spiro atoms. The number of methoxy groups -OCH3 is 1. The van der Waals surface area contributed by atoms with Crippen molar-refractivity contribution < 1.29 is 14.3 Å². The summed E-state index contributed by atoms with van der Waals surface area (Å²) in [5.41, 5.74) is 1.04. The van der Waals surface area contributed by atoms with Gasteiger partial charge in [0.1, 0.15) is 5.75 Å². The van der Waals surface area contributed by atoms with E-state index in [0.717, 1.165) is 40.3 Å². The number of unbranched alkanes of at least 4 members (excludes halogenated alkanes) is 2. The van der Waals surface area contributed by atoms with Gasteiger partial charge >= 0.3 is 0 Å². The Kier molecular flexibility index (Phi) is 8.47. The lowest BCUT2D eigenvalue weighted by atomic mass is 10.1. The van der Waals surface area contributed by atoms with E-state index in [2.05, 4.69) is 5.32 Å². The molecule has 0 bridgehead atoms. The number of rotatable bonds is 11. The summed E-state index contributed by atoms with van der Waals surface area (Å²) < 4.78 is 5.31. The lowest BCUT2D eigenvalue weighted by molar-refractivity contribution is 0.0744. The molecule has 0 saturated heterocycles. The number of benzene rings is 1. The molecule has 0 saturated carbocycles. The summed E-state index contributed by atoms with van der Waals surface area (Å²) in [5.74, 6) is 0.828. The SMILES string of the molecule is COc1cccc(CN(CCCCCNC(=O)c2cccs2)C(=O)c2cccs2)c1. The smallest absolute Gasteiger partial charge is 0.264 e. The third-order valence-electron chi connectivity index (χ3n) is 4.66. The Bertz CT molecular complexity index is 924. The molecule has 7 heteroatoms. The quantitative estimate of drug-likeness (QED) is 0.422. The molecule has 0 unspecified atom stereocenters. The van der Waals surface area contributed by atoms with Crippen molar-refractivity contribution in [3.8, 4) is 5.75 Å². The average Bonchev–Trinajstić information content (AvgIpc) is 3.49. The molecule has 1 N–H and O–H groups in total. The van der Waals surface area contributed by atoms with Crippen LogP contribution < -0.4 is 10.1 Å². The topological polar surface area (TPSA) is 58.6 Å². The Labute approximate surface area is 185 Å². The first-order chi connectivity index (χ1) is 14.7. The maximum atomic E-state index is 13.0. The van der Waals surface area contributed by atoms with Gasteiger partial charge in [-0.15, -0.1) is 22.7 Å². The van der Waals surface area contributed by atoms with Crippen LogP contribution >= 0.6 is 22.7 Å². The van der Waals surface area contributed by atoms with Gasteiger partial charge in [0, 0.05) is 19.6 Å². The van der Waals surface area contributed by atoms with Crippen LogP contribution in [0, 0.1) is 0 Å². The summed E-state index contributed by atoms with van der Waals surface area (Å²) in [6.45, 7) is 1.86. The van der Waals surface area contributed by atoms with Crippen LogP contribution in [0.3, 0.4) is 0 Å². The van der Waals surface area contributed by atoms with E-state index in [-0.39, 0.29) is 11.8 Å². The van der Waals surface area contributed by atoms with Crippen molar-refractivity contribution in [1.82, 2.24) is 10.2 Å². The number of hydrogen-bond donors (Lipinski definition) is 1. The van der Waals surface area contributed by atoms with E-state index in [0.29, 0.717) is 19.6 Å². The first-order valence-electron chi connectivity index (χ1n) is 9.95. The monoisotopic (exact) mass is 442 g/mol. The van der Waals surface area contributed by atoms with Crippen LogP contribution in [0.25, 0.3) is 0 Å². The molecule has 0 fully saturated rings. The fourth-order valence-electron chi connectivity index (χ4n) is 3.10. The molecule has 3 aromatic rings. The van der Waals surface area contributed by atoms with Crippen LogP contribution in [0.4, 0.5) is 0 Å². The van der Waals surface area contributed by atoms with E-state index < -0.39 is 0 Å². The van der Waals surface area contributed by atoms with Gasteiger partial charge in [-0.3, -0.25) is 9.59 Å². The maximum absolute atomic E-state index is 13.0. The van der Waals surface area contributed by atoms with Crippen molar-refractivity contribution in [2.45, 2.75) is 25.8 Å². The van der Waals surface area contributed by atoms with Gasteiger partial charge in [-0.1, -0.05) is 24.3 Å². The highest BCUT2D eigenvalue weighted by molar-refractivity contribution is 7.12. The second-order valence-electron chi connectivity index (χ2n) is 6.85. The number of carbonyl (C=O) groups is 2. The minimum Gasteiger partial charge on any atom is -0.497 e. The largest absolute Gasteiger partial charge is 0.497 e. The van der Waals surface area contributed by atoms with Gasteiger partial charge < -0.3 is 15.0 Å². The Balaban J connectivity index is 1.49. The number of nitrogens with one attached hydrogen (secondary N) is 1. The van der Waals surface area contributed by atoms with E-state index in [1.165, 1.54) is 22.7 Å². The zero-order valence-electron chi connectivity index (χ0n) is 17.0. The Morgan fingerprint density at radius 3 is 2.43 bits per heavy atom. The van der Waals surface area contributed by atoms with E-state index in [1.807, 2.05) is 64.2 Å². The molecule has 2 heterocycles. The van der Waals surface area contributed by atoms with Gasteiger partial charge in [-0.2, -0.15) is 0 Å². The normalized spacial score (nSPS) is 10.6. The first-order valence-corrected chi connectivity index (χ1v) is 11.7. The Morgan fingerprint density at radius 2 is 1.73 bits per heavy atom. The number of ether oxygens (including phenoxy) is 1. The minimum absolute atomic E-state index is 0.0162. The van der Waals surface area contributed by atoms with Crippen molar-refractivity contribution >= 4 is 34.5 Å². The molecular formula is C23H26N2O3S2. The van der Waals surface area contributed by atoms with E-state index in [9.17, 15) is 9.59 Å². The molecule has 30 heavy (non-hydrogen) atoms. The summed E-state index contributed by atoms with van der Waals surface area (Å²) in [7, 11) is 1.64. The van der Waals surface area contributed by atoms with Gasteiger partial charge in [-0.25, -0.2) is 0 Å². The zero-order chi connectivity index (χ0) is 21.2. The zero-order valence-corrected chi connectivity index (χ0v) is 18.6. The van der Waals surface area contributed by atoms with Crippen molar-refractivity contribution in [3.05, 3.63) is 74.6 Å². The molecule has 2 amide bonds. The molecule has 0 aliphatic carbocycles. The van der Waals surface area contributed by atoms with E-state index >= 15 is 0 Å². The standard InChI is InChI=1S/C23H26N2O3S2/c1-28-19-9-5-8-18(16-19)17-25(23(27)21-11-7-15-30-21)13-4-2-3-12-24-22(26)20-10-6-14-29-20/h5-11,14-16H,2-4,12-13,17H2,1H3,(H,24,26). The molecular weight excluding hydrogens is 416 g/mol. The van der Waals surface area contributed by atoms with Gasteiger partial charge in [-0.05, 0) is 59.9 Å². The molecule has 0 aliphatic rings. The van der Waals surface area contributed by atoms with Crippen molar-refractivity contribution in [2.24, 2.45) is 0 Å². The molecule has 1 aromatic carbocycles. The van der Waals surface area contributed by atoms with Crippen molar-refractivity contribution in [2.75, 3.05) is 20.2 Å². The van der Waals surface area contributed by atoms with Gasteiger partial charge in [0.25, 0.3) is 11.8 Å². The Hall–Kier alpha value is -2.64. The van der Waals surface area contributed by atoms with Gasteiger partial charge in [0.15, 0.2) is 0 Å². The minimum atomic E-state index is -0.0162. The second-order valence-corrected chi connectivity index (χ2v) is 8.74. The van der Waals surface area contributed by atoms with Crippen LogP contribution in [0.5, 0.6) is 5.75 Å². The molecule has 0 radical (unpaired) electrons. The van der Waals surface area contributed by atoms with Crippen LogP contribution in [0.15, 0.2) is 59.3 Å². The third kappa shape index (κ3) is 6.43. The molecule has 2 aromatic heterocycles. The predicted molar refractivity (Wildman–Crippen MR) is 123 cm³/mol. The van der Waals surface area contributed by atoms with Gasteiger partial charge in [0.2, 0.25) is 0 Å². The highest BCUT2D eigenvalue weighted by Crippen LogP contribution is 2.18. The molecule has 0 aliphatic heterocycles. The van der Waals surface area contributed by atoms with Crippen LogP contribution in [0.2, 0.25) is 0 Å². The second kappa shape index (κ2) is 11.5. The summed E-state index contributed by atoms with van der Waals surface area (Å²) >= 11 is 2.91. The van der Waals surface area contributed by atoms with Gasteiger partial charge in [0.05, 0.1) is 16.9 Å². The summed E-state index contributed by atoms with van der Waals surface area (Å²) in [4.78, 5) is 28.3. The number of carbonyl (C=O) groups excluding carboxylic acids is 2. The predicted octanol–water partition coefficient (Wildman–Crippen LogP) is 5.06. The van der Waals surface area contributed by atoms with E-state index in [4.69, 9.17) is 4.74 Å². The third-order valence-corrected chi connectivity index (χ3v) is 6.39. The van der Waals surface area contributed by atoms with E-state index in [1.54, 1.807) is 7.11 Å². The highest BCUT2D eigenvalue weighted by Gasteiger charge is 2.17. The fourth-order valence-corrected chi connectivity index (χ4v) is 4.43. The molecule has 5 nitrogen and oxygen atoms in total. The lowest BCUT2D eigenvalue weighted by Gasteiger charge is -2.22. The molecule has 0 atom stereocenters. The first kappa shape index (κ1) is 22.1. The molecule has 158 valence electrons. The Morgan fingerprint density at radius 1 is 0.967 bits per heavy atom. The fraction of sp³-hybridized carbons (Fsp3) is 0.304. The highest BCUT2D eigenvalue weighted by atomic mass is 32.1.